The smallest absolute Gasteiger partial charge is 0.384 e. The number of fused-ring (bicyclic) bond motifs is 2. The first-order chi connectivity index (χ1) is 16.3. The van der Waals surface area contributed by atoms with Crippen LogP contribution in [0.15, 0.2) is 48.7 Å². The summed E-state index contributed by atoms with van der Waals surface area (Å²) in [6.07, 6.45) is -2.01. The highest BCUT2D eigenvalue weighted by atomic mass is 19.4. The number of rotatable bonds is 6. The van der Waals surface area contributed by atoms with Crippen molar-refractivity contribution >= 4 is 22.3 Å². The quantitative estimate of drug-likeness (QED) is 0.452. The summed E-state index contributed by atoms with van der Waals surface area (Å²) in [6, 6.07) is 10.8. The fraction of sp³-hybridized carbons (Fsp3) is 0.333. The number of para-hydroxylation sites is 1. The van der Waals surface area contributed by atoms with Crippen molar-refractivity contribution in [1.82, 2.24) is 24.5 Å². The number of nitrogens with one attached hydrogen (secondary N) is 1. The third kappa shape index (κ3) is 4.14. The number of pyridine rings is 2. The van der Waals surface area contributed by atoms with Crippen molar-refractivity contribution in [2.24, 2.45) is 0 Å². The molecular formula is C24H23F3N6O. The lowest BCUT2D eigenvalue weighted by Crippen LogP contribution is -2.37. The second-order valence-corrected chi connectivity index (χ2v) is 8.41. The minimum Gasteiger partial charge on any atom is -0.384 e. The Balaban J connectivity index is 1.59. The number of ether oxygens (including phenoxy) is 1. The summed E-state index contributed by atoms with van der Waals surface area (Å²) in [5.74, 6) is 0.371. The van der Waals surface area contributed by atoms with Gasteiger partial charge in [-0.3, -0.25) is 9.30 Å². The van der Waals surface area contributed by atoms with Crippen LogP contribution in [0, 0.1) is 5.41 Å². The van der Waals surface area contributed by atoms with Gasteiger partial charge in [-0.2, -0.15) is 13.2 Å². The maximum Gasteiger partial charge on any atom is 0.408 e. The van der Waals surface area contributed by atoms with E-state index in [1.165, 1.54) is 23.2 Å². The molecule has 1 fully saturated rings. The van der Waals surface area contributed by atoms with Crippen molar-refractivity contribution in [2.45, 2.75) is 25.1 Å². The van der Waals surface area contributed by atoms with E-state index < -0.39 is 12.2 Å². The van der Waals surface area contributed by atoms with E-state index in [2.05, 4.69) is 10.2 Å². The third-order valence-corrected chi connectivity index (χ3v) is 6.12. The number of nitrogens with zero attached hydrogens (tertiary/aromatic N) is 5. The molecule has 0 bridgehead atoms. The first-order valence-electron chi connectivity index (χ1n) is 10.9. The Hall–Kier alpha value is -3.37. The van der Waals surface area contributed by atoms with E-state index in [1.54, 1.807) is 17.6 Å². The highest BCUT2D eigenvalue weighted by Gasteiger charge is 2.46. The van der Waals surface area contributed by atoms with Crippen LogP contribution in [-0.4, -0.2) is 63.2 Å². The van der Waals surface area contributed by atoms with Crippen LogP contribution in [0.2, 0.25) is 0 Å². The molecule has 0 saturated carbocycles. The minimum atomic E-state index is -4.48. The van der Waals surface area contributed by atoms with E-state index in [1.807, 2.05) is 24.3 Å². The Morgan fingerprint density at radius 1 is 1.12 bits per heavy atom. The summed E-state index contributed by atoms with van der Waals surface area (Å²) in [6.45, 7) is 0.759. The number of methoxy groups -OCH3 is 1. The number of hydrogen-bond acceptors (Lipinski definition) is 6. The lowest BCUT2D eigenvalue weighted by atomic mass is 10.1. The van der Waals surface area contributed by atoms with E-state index in [9.17, 15) is 13.2 Å². The molecule has 176 valence electrons. The minimum absolute atomic E-state index is 0.00767. The lowest BCUT2D eigenvalue weighted by Gasteiger charge is -2.29. The van der Waals surface area contributed by atoms with Gasteiger partial charge in [0.1, 0.15) is 11.7 Å². The first-order valence-corrected chi connectivity index (χ1v) is 10.9. The molecule has 1 atom stereocenters. The summed E-state index contributed by atoms with van der Waals surface area (Å²) in [5.41, 5.74) is 3.16. The van der Waals surface area contributed by atoms with E-state index in [0.717, 1.165) is 16.5 Å². The molecule has 1 aliphatic rings. The standard InChI is InChI=1S/C24H23F3N6O/c1-34-12-10-16-4-2-3-15-5-7-19(29-21(15)16)23-31-30-20-8-6-17(13-33(20)23)22(24(25,26)27)32-11-9-18(28)14-32/h2-8,13,22,28H,9-12,14H2,1H3/t22-/m1/s1. The van der Waals surface area contributed by atoms with Crippen LogP contribution in [0.1, 0.15) is 23.6 Å². The zero-order valence-electron chi connectivity index (χ0n) is 18.5. The molecule has 0 amide bonds. The average Bonchev–Trinajstić information content (AvgIpc) is 3.42. The fourth-order valence-electron chi connectivity index (χ4n) is 4.50. The van der Waals surface area contributed by atoms with Gasteiger partial charge in [0, 0.05) is 37.5 Å². The van der Waals surface area contributed by atoms with Gasteiger partial charge >= 0.3 is 6.18 Å². The van der Waals surface area contributed by atoms with Crippen molar-refractivity contribution in [3.8, 4) is 11.5 Å². The largest absolute Gasteiger partial charge is 0.408 e. The highest BCUT2D eigenvalue weighted by Crippen LogP contribution is 2.39. The fourth-order valence-corrected chi connectivity index (χ4v) is 4.50. The molecule has 3 aromatic heterocycles. The summed E-state index contributed by atoms with van der Waals surface area (Å²) in [4.78, 5) is 6.09. The average molecular weight is 468 g/mol. The second-order valence-electron chi connectivity index (χ2n) is 8.41. The van der Waals surface area contributed by atoms with Crippen molar-refractivity contribution in [2.75, 3.05) is 26.8 Å². The molecule has 34 heavy (non-hydrogen) atoms. The maximum absolute atomic E-state index is 14.1. The molecule has 1 N–H and O–H groups in total. The van der Waals surface area contributed by atoms with E-state index in [-0.39, 0.29) is 18.7 Å². The van der Waals surface area contributed by atoms with Gasteiger partial charge in [-0.1, -0.05) is 30.3 Å². The number of likely N-dealkylation sites (tertiary alicyclic amines) is 1. The predicted molar refractivity (Wildman–Crippen MR) is 122 cm³/mol. The van der Waals surface area contributed by atoms with Crippen molar-refractivity contribution in [1.29, 1.82) is 5.41 Å². The van der Waals surface area contributed by atoms with Crippen molar-refractivity contribution in [3.63, 3.8) is 0 Å². The van der Waals surface area contributed by atoms with Crippen molar-refractivity contribution < 1.29 is 17.9 Å². The molecular weight excluding hydrogens is 445 g/mol. The number of benzene rings is 1. The molecule has 1 aliphatic heterocycles. The van der Waals surface area contributed by atoms with E-state index in [4.69, 9.17) is 15.1 Å². The maximum atomic E-state index is 14.1. The lowest BCUT2D eigenvalue weighted by molar-refractivity contribution is -0.183. The van der Waals surface area contributed by atoms with Gasteiger partial charge in [0.25, 0.3) is 0 Å². The van der Waals surface area contributed by atoms with Crippen LogP contribution >= 0.6 is 0 Å². The van der Waals surface area contributed by atoms with Crippen LogP contribution in [0.5, 0.6) is 0 Å². The molecule has 7 nitrogen and oxygen atoms in total. The molecule has 0 aliphatic carbocycles. The summed E-state index contributed by atoms with van der Waals surface area (Å²) >= 11 is 0. The van der Waals surface area contributed by atoms with Gasteiger partial charge in [-0.05, 0) is 36.1 Å². The SMILES string of the molecule is COCCc1cccc2ccc(-c3nnc4ccc([C@@H](N5CCC(=N)C5)C(F)(F)F)cn34)nc12. The van der Waals surface area contributed by atoms with Crippen molar-refractivity contribution in [3.05, 3.63) is 59.8 Å². The zero-order chi connectivity index (χ0) is 23.9. The van der Waals surface area contributed by atoms with Crippen LogP contribution in [0.25, 0.3) is 28.1 Å². The molecule has 10 heteroatoms. The topological polar surface area (TPSA) is 79.4 Å². The van der Waals surface area contributed by atoms with Gasteiger partial charge in [-0.25, -0.2) is 4.98 Å². The van der Waals surface area contributed by atoms with Crippen LogP contribution in [-0.2, 0) is 11.2 Å². The molecule has 0 radical (unpaired) electrons. The number of hydrogen-bond donors (Lipinski definition) is 1. The van der Waals surface area contributed by atoms with Gasteiger partial charge in [0.2, 0.25) is 0 Å². The number of alkyl halides is 3. The predicted octanol–water partition coefficient (Wildman–Crippen LogP) is 4.46. The van der Waals surface area contributed by atoms with E-state index >= 15 is 0 Å². The van der Waals surface area contributed by atoms with Crippen LogP contribution < -0.4 is 0 Å². The molecule has 1 aromatic carbocycles. The molecule has 0 spiro atoms. The first kappa shape index (κ1) is 22.4. The molecule has 4 aromatic rings. The molecule has 1 saturated heterocycles. The Morgan fingerprint density at radius 2 is 1.97 bits per heavy atom. The monoisotopic (exact) mass is 468 g/mol. The third-order valence-electron chi connectivity index (χ3n) is 6.12. The number of halogens is 3. The van der Waals surface area contributed by atoms with Gasteiger partial charge < -0.3 is 10.1 Å². The Kier molecular flexibility index (Phi) is 5.78. The van der Waals surface area contributed by atoms with Crippen LogP contribution in [0.3, 0.4) is 0 Å². The Labute approximate surface area is 193 Å². The molecule has 5 rings (SSSR count). The van der Waals surface area contributed by atoms with Gasteiger partial charge in [-0.15, -0.1) is 10.2 Å². The van der Waals surface area contributed by atoms with Gasteiger partial charge in [0.05, 0.1) is 12.1 Å². The normalized spacial score (nSPS) is 16.1. The summed E-state index contributed by atoms with van der Waals surface area (Å²) in [5, 5.41) is 17.1. The summed E-state index contributed by atoms with van der Waals surface area (Å²) < 4.78 is 49.0. The summed E-state index contributed by atoms with van der Waals surface area (Å²) in [7, 11) is 1.64. The number of aromatic nitrogens is 4. The van der Waals surface area contributed by atoms with Gasteiger partial charge in [0.15, 0.2) is 11.5 Å². The molecule has 0 unspecified atom stereocenters. The zero-order valence-corrected chi connectivity index (χ0v) is 18.5. The van der Waals surface area contributed by atoms with E-state index in [0.29, 0.717) is 42.3 Å². The second kappa shape index (κ2) is 8.77. The Morgan fingerprint density at radius 3 is 2.71 bits per heavy atom. The highest BCUT2D eigenvalue weighted by molar-refractivity contribution is 5.85. The Bertz CT molecular complexity index is 1370. The van der Waals surface area contributed by atoms with Crippen LogP contribution in [0.4, 0.5) is 13.2 Å². The molecule has 4 heterocycles.